The number of amides is 1. The molecule has 1 amide bonds. The molecule has 7 nitrogen and oxygen atoms in total. The van der Waals surface area contributed by atoms with Crippen LogP contribution in [-0.4, -0.2) is 21.9 Å². The molecule has 0 fully saturated rings. The molecule has 1 heterocycles. The van der Waals surface area contributed by atoms with Crippen LogP contribution in [0, 0.1) is 0 Å². The van der Waals surface area contributed by atoms with E-state index in [-0.39, 0.29) is 23.6 Å². The molecule has 4 N–H and O–H groups in total. The fourth-order valence-corrected chi connectivity index (χ4v) is 3.05. The molecular weight excluding hydrogens is 461 g/mol. The number of anilines is 1. The van der Waals surface area contributed by atoms with Gasteiger partial charge in [-0.25, -0.2) is 0 Å². The maximum Gasteiger partial charge on any atom is 0.417 e. The molecule has 172 valence electrons. The summed E-state index contributed by atoms with van der Waals surface area (Å²) in [5, 5.41) is 13.6. The number of aryl methyl sites for hydroxylation is 1. The van der Waals surface area contributed by atoms with Crippen LogP contribution in [0.4, 0.5) is 18.9 Å². The minimum atomic E-state index is -4.61. The number of benzene rings is 2. The lowest BCUT2D eigenvalue weighted by Gasteiger charge is -2.12. The van der Waals surface area contributed by atoms with Crippen LogP contribution < -0.4 is 15.8 Å². The number of amidine groups is 1. The lowest BCUT2D eigenvalue weighted by Crippen LogP contribution is -2.14. The van der Waals surface area contributed by atoms with Crippen LogP contribution in [0.3, 0.4) is 0 Å². The summed E-state index contributed by atoms with van der Waals surface area (Å²) in [5.41, 5.74) is 5.60. The zero-order valence-electron chi connectivity index (χ0n) is 16.9. The maximum absolute atomic E-state index is 12.9. The number of nitrogens with one attached hydrogen (secondary N) is 1. The second-order valence-corrected chi connectivity index (χ2v) is 7.26. The van der Waals surface area contributed by atoms with Gasteiger partial charge in [-0.1, -0.05) is 28.9 Å². The van der Waals surface area contributed by atoms with E-state index >= 15 is 0 Å². The molecule has 0 aliphatic carbocycles. The van der Waals surface area contributed by atoms with Crippen molar-refractivity contribution >= 4 is 29.0 Å². The Hall–Kier alpha value is -3.79. The number of nitrogens with two attached hydrogens (primary N) is 1. The van der Waals surface area contributed by atoms with Crippen LogP contribution in [0.15, 0.2) is 65.9 Å². The quantitative estimate of drug-likeness (QED) is 0.187. The topological polar surface area (TPSA) is 110 Å². The molecule has 1 aromatic heterocycles. The third-order valence-corrected chi connectivity index (χ3v) is 4.79. The molecule has 0 bridgehead atoms. The van der Waals surface area contributed by atoms with Crippen molar-refractivity contribution in [1.29, 1.82) is 0 Å². The molecule has 2 aromatic carbocycles. The smallest absolute Gasteiger partial charge is 0.417 e. The number of oxime groups is 1. The normalized spacial score (nSPS) is 11.8. The van der Waals surface area contributed by atoms with E-state index in [2.05, 4.69) is 15.5 Å². The average Bonchev–Trinajstić information content (AvgIpc) is 2.79. The first kappa shape index (κ1) is 23.9. The highest BCUT2D eigenvalue weighted by Gasteiger charge is 2.33. The summed E-state index contributed by atoms with van der Waals surface area (Å²) in [6.45, 7) is 0. The Morgan fingerprint density at radius 1 is 1.12 bits per heavy atom. The van der Waals surface area contributed by atoms with Crippen molar-refractivity contribution in [2.75, 3.05) is 5.32 Å². The van der Waals surface area contributed by atoms with Crippen LogP contribution in [0.2, 0.25) is 5.02 Å². The van der Waals surface area contributed by atoms with Crippen molar-refractivity contribution < 1.29 is 27.9 Å². The molecule has 0 spiro atoms. The maximum atomic E-state index is 12.9. The molecule has 0 aliphatic heterocycles. The minimum Gasteiger partial charge on any atom is -0.457 e. The van der Waals surface area contributed by atoms with Gasteiger partial charge in [-0.15, -0.1) is 0 Å². The number of rotatable bonds is 7. The third kappa shape index (κ3) is 6.59. The van der Waals surface area contributed by atoms with E-state index in [1.165, 1.54) is 18.3 Å². The number of hydrogen-bond donors (Lipinski definition) is 3. The van der Waals surface area contributed by atoms with Crippen LogP contribution in [0.25, 0.3) is 0 Å². The Bertz CT molecular complexity index is 1170. The largest absolute Gasteiger partial charge is 0.457 e. The predicted octanol–water partition coefficient (Wildman–Crippen LogP) is 5.21. The van der Waals surface area contributed by atoms with Crippen molar-refractivity contribution in [2.24, 2.45) is 10.9 Å². The molecule has 0 atom stereocenters. The summed E-state index contributed by atoms with van der Waals surface area (Å²) in [7, 11) is 0. The van der Waals surface area contributed by atoms with E-state index in [1.54, 1.807) is 30.3 Å². The number of aromatic nitrogens is 1. The Labute approximate surface area is 191 Å². The second-order valence-electron chi connectivity index (χ2n) is 6.85. The Morgan fingerprint density at radius 3 is 2.52 bits per heavy atom. The van der Waals surface area contributed by atoms with E-state index < -0.39 is 22.7 Å². The number of halogens is 4. The first-order valence-corrected chi connectivity index (χ1v) is 9.91. The van der Waals surface area contributed by atoms with E-state index in [9.17, 15) is 18.0 Å². The van der Waals surface area contributed by atoms with E-state index in [4.69, 9.17) is 27.3 Å². The van der Waals surface area contributed by atoms with Gasteiger partial charge in [0.15, 0.2) is 5.84 Å². The predicted molar refractivity (Wildman–Crippen MR) is 117 cm³/mol. The molecule has 0 radical (unpaired) electrons. The Balaban J connectivity index is 1.56. The van der Waals surface area contributed by atoms with Crippen molar-refractivity contribution in [3.8, 4) is 11.5 Å². The highest BCUT2D eigenvalue weighted by Crippen LogP contribution is 2.36. The van der Waals surface area contributed by atoms with Gasteiger partial charge in [0.2, 0.25) is 5.91 Å². The SMILES string of the molecule is N/C(=N\O)c1cc(Oc2ccc(CCC(=O)Nc3ccc(Cl)c(C(F)(F)F)c3)cc2)ccn1. The zero-order chi connectivity index (χ0) is 24.0. The van der Waals surface area contributed by atoms with Gasteiger partial charge in [0.1, 0.15) is 17.2 Å². The zero-order valence-corrected chi connectivity index (χ0v) is 17.7. The van der Waals surface area contributed by atoms with E-state index in [0.717, 1.165) is 17.7 Å². The summed E-state index contributed by atoms with van der Waals surface area (Å²) in [4.78, 5) is 16.1. The fraction of sp³-hybridized carbons (Fsp3) is 0.136. The highest BCUT2D eigenvalue weighted by atomic mass is 35.5. The second kappa shape index (κ2) is 10.2. The van der Waals surface area contributed by atoms with Crippen molar-refractivity contribution in [1.82, 2.24) is 4.98 Å². The molecule has 0 saturated carbocycles. The lowest BCUT2D eigenvalue weighted by atomic mass is 10.1. The first-order valence-electron chi connectivity index (χ1n) is 9.53. The summed E-state index contributed by atoms with van der Waals surface area (Å²) >= 11 is 5.58. The number of pyridine rings is 1. The molecule has 3 rings (SSSR count). The standard InChI is InChI=1S/C22H18ClF3N4O3/c23-18-7-4-14(11-17(18)22(24,25)26)29-20(31)8-3-13-1-5-15(6-2-13)33-16-9-10-28-19(12-16)21(27)30-32/h1-2,4-7,9-12,32H,3,8H2,(H2,27,30)(H,29,31). The molecule has 0 unspecified atom stereocenters. The summed E-state index contributed by atoms with van der Waals surface area (Å²) in [6, 6.07) is 13.2. The van der Waals surface area contributed by atoms with Crippen LogP contribution in [-0.2, 0) is 17.4 Å². The Morgan fingerprint density at radius 2 is 1.85 bits per heavy atom. The van der Waals surface area contributed by atoms with Gasteiger partial charge in [0.25, 0.3) is 0 Å². The number of nitrogens with zero attached hydrogens (tertiary/aromatic N) is 2. The third-order valence-electron chi connectivity index (χ3n) is 4.46. The number of carbonyl (C=O) groups is 1. The number of hydrogen-bond acceptors (Lipinski definition) is 5. The molecular formula is C22H18ClF3N4O3. The van der Waals surface area contributed by atoms with Gasteiger partial charge < -0.3 is 21.0 Å². The average molecular weight is 479 g/mol. The van der Waals surface area contributed by atoms with Gasteiger partial charge in [-0.2, -0.15) is 13.2 Å². The lowest BCUT2D eigenvalue weighted by molar-refractivity contribution is -0.137. The monoisotopic (exact) mass is 478 g/mol. The molecule has 11 heteroatoms. The van der Waals surface area contributed by atoms with Crippen molar-refractivity contribution in [2.45, 2.75) is 19.0 Å². The van der Waals surface area contributed by atoms with Gasteiger partial charge in [0, 0.05) is 24.4 Å². The van der Waals surface area contributed by atoms with Gasteiger partial charge in [0.05, 0.1) is 10.6 Å². The number of ether oxygens (including phenoxy) is 1. The van der Waals surface area contributed by atoms with Gasteiger partial charge in [-0.3, -0.25) is 9.78 Å². The van der Waals surface area contributed by atoms with Crippen LogP contribution in [0.5, 0.6) is 11.5 Å². The summed E-state index contributed by atoms with van der Waals surface area (Å²) in [5.74, 6) is 0.362. The molecule has 0 aliphatic rings. The van der Waals surface area contributed by atoms with E-state index in [1.807, 2.05) is 0 Å². The van der Waals surface area contributed by atoms with E-state index in [0.29, 0.717) is 17.9 Å². The van der Waals surface area contributed by atoms with Crippen LogP contribution >= 0.6 is 11.6 Å². The Kier molecular flexibility index (Phi) is 7.39. The first-order chi connectivity index (χ1) is 15.7. The molecule has 0 saturated heterocycles. The number of alkyl halides is 3. The van der Waals surface area contributed by atoms with Gasteiger partial charge in [-0.05, 0) is 48.4 Å². The van der Waals surface area contributed by atoms with Crippen molar-refractivity contribution in [3.63, 3.8) is 0 Å². The molecule has 3 aromatic rings. The summed E-state index contributed by atoms with van der Waals surface area (Å²) < 4.78 is 44.5. The van der Waals surface area contributed by atoms with Crippen molar-refractivity contribution in [3.05, 3.63) is 82.6 Å². The highest BCUT2D eigenvalue weighted by molar-refractivity contribution is 6.31. The summed E-state index contributed by atoms with van der Waals surface area (Å²) in [6.07, 6.45) is -2.72. The fourth-order valence-electron chi connectivity index (χ4n) is 2.83. The molecule has 33 heavy (non-hydrogen) atoms. The minimum absolute atomic E-state index is 0.0177. The van der Waals surface area contributed by atoms with Crippen LogP contribution in [0.1, 0.15) is 23.2 Å². The number of carbonyl (C=O) groups excluding carboxylic acids is 1. The van der Waals surface area contributed by atoms with Gasteiger partial charge >= 0.3 is 6.18 Å².